The zero-order valence-electron chi connectivity index (χ0n) is 10.7. The molecule has 2 atom stereocenters. The van der Waals surface area contributed by atoms with E-state index in [1.807, 2.05) is 0 Å². The molecule has 3 rings (SSSR count). The van der Waals surface area contributed by atoms with Crippen LogP contribution in [0.25, 0.3) is 0 Å². The van der Waals surface area contributed by atoms with E-state index in [0.717, 1.165) is 6.54 Å². The van der Waals surface area contributed by atoms with E-state index >= 15 is 0 Å². The number of hydrogen-bond donors (Lipinski definition) is 1. The standard InChI is InChI=1S/C16H19NS/c1-12-6-7-16(15-5-3-2-4-14(12)15)17-10-13-8-9-18-11-13/h2-5,8-9,11-12,16-17H,6-7,10H2,1H3. The second-order valence-corrected chi connectivity index (χ2v) is 5.95. The monoisotopic (exact) mass is 257 g/mol. The minimum absolute atomic E-state index is 0.525. The lowest BCUT2D eigenvalue weighted by molar-refractivity contribution is 0.431. The van der Waals surface area contributed by atoms with Gasteiger partial charge in [0.05, 0.1) is 0 Å². The van der Waals surface area contributed by atoms with Gasteiger partial charge in [-0.3, -0.25) is 0 Å². The van der Waals surface area contributed by atoms with Crippen LogP contribution >= 0.6 is 11.3 Å². The van der Waals surface area contributed by atoms with E-state index in [9.17, 15) is 0 Å². The molecule has 1 aromatic heterocycles. The Morgan fingerprint density at radius 3 is 2.78 bits per heavy atom. The SMILES string of the molecule is CC1CCC(NCc2ccsc2)c2ccccc21. The van der Waals surface area contributed by atoms with Gasteiger partial charge in [-0.2, -0.15) is 11.3 Å². The van der Waals surface area contributed by atoms with Crippen LogP contribution in [0.15, 0.2) is 41.1 Å². The Hall–Kier alpha value is -1.12. The second kappa shape index (κ2) is 5.25. The molecular formula is C16H19NS. The molecule has 18 heavy (non-hydrogen) atoms. The van der Waals surface area contributed by atoms with E-state index in [1.54, 1.807) is 11.3 Å². The first-order chi connectivity index (χ1) is 8.84. The zero-order chi connectivity index (χ0) is 12.4. The smallest absolute Gasteiger partial charge is 0.0326 e. The fourth-order valence-electron chi connectivity index (χ4n) is 2.85. The van der Waals surface area contributed by atoms with Crippen LogP contribution in [-0.4, -0.2) is 0 Å². The first-order valence-electron chi connectivity index (χ1n) is 6.68. The summed E-state index contributed by atoms with van der Waals surface area (Å²) >= 11 is 1.77. The lowest BCUT2D eigenvalue weighted by Crippen LogP contribution is -2.25. The molecule has 1 aromatic carbocycles. The van der Waals surface area contributed by atoms with Gasteiger partial charge in [0.25, 0.3) is 0 Å². The maximum Gasteiger partial charge on any atom is 0.0326 e. The predicted molar refractivity (Wildman–Crippen MR) is 78.0 cm³/mol. The van der Waals surface area contributed by atoms with Crippen LogP contribution in [0.4, 0.5) is 0 Å². The number of hydrogen-bond acceptors (Lipinski definition) is 2. The van der Waals surface area contributed by atoms with E-state index in [2.05, 4.69) is 53.3 Å². The summed E-state index contributed by atoms with van der Waals surface area (Å²) in [5.41, 5.74) is 4.44. The Labute approximate surface area is 113 Å². The van der Waals surface area contributed by atoms with Gasteiger partial charge in [0.15, 0.2) is 0 Å². The Kier molecular flexibility index (Phi) is 3.48. The average molecular weight is 257 g/mol. The summed E-state index contributed by atoms with van der Waals surface area (Å²) in [6, 6.07) is 11.6. The third kappa shape index (κ3) is 2.36. The van der Waals surface area contributed by atoms with Crippen LogP contribution in [0.3, 0.4) is 0 Å². The summed E-state index contributed by atoms with van der Waals surface area (Å²) in [7, 11) is 0. The molecular weight excluding hydrogens is 238 g/mol. The zero-order valence-corrected chi connectivity index (χ0v) is 11.5. The largest absolute Gasteiger partial charge is 0.306 e. The number of thiophene rings is 1. The van der Waals surface area contributed by atoms with Gasteiger partial charge in [-0.1, -0.05) is 31.2 Å². The minimum Gasteiger partial charge on any atom is -0.306 e. The summed E-state index contributed by atoms with van der Waals surface area (Å²) < 4.78 is 0. The lowest BCUT2D eigenvalue weighted by atomic mass is 9.81. The molecule has 1 heterocycles. The summed E-state index contributed by atoms with van der Waals surface area (Å²) in [5, 5.41) is 8.08. The number of nitrogens with one attached hydrogen (secondary N) is 1. The van der Waals surface area contributed by atoms with Gasteiger partial charge in [-0.25, -0.2) is 0 Å². The van der Waals surface area contributed by atoms with Crippen molar-refractivity contribution in [2.24, 2.45) is 0 Å². The predicted octanol–water partition coefficient (Wildman–Crippen LogP) is 4.48. The summed E-state index contributed by atoms with van der Waals surface area (Å²) in [4.78, 5) is 0. The molecule has 0 radical (unpaired) electrons. The maximum absolute atomic E-state index is 3.71. The first-order valence-corrected chi connectivity index (χ1v) is 7.62. The fourth-order valence-corrected chi connectivity index (χ4v) is 3.52. The summed E-state index contributed by atoms with van der Waals surface area (Å²) in [6.45, 7) is 3.32. The molecule has 1 nitrogen and oxygen atoms in total. The highest BCUT2D eigenvalue weighted by atomic mass is 32.1. The van der Waals surface area contributed by atoms with Gasteiger partial charge < -0.3 is 5.32 Å². The number of benzene rings is 1. The molecule has 94 valence electrons. The van der Waals surface area contributed by atoms with E-state index < -0.39 is 0 Å². The van der Waals surface area contributed by atoms with Crippen molar-refractivity contribution < 1.29 is 0 Å². The molecule has 1 N–H and O–H groups in total. The van der Waals surface area contributed by atoms with Crippen LogP contribution in [0.2, 0.25) is 0 Å². The highest BCUT2D eigenvalue weighted by molar-refractivity contribution is 7.07. The van der Waals surface area contributed by atoms with Gasteiger partial charge in [-0.15, -0.1) is 0 Å². The molecule has 0 fully saturated rings. The average Bonchev–Trinajstić information content (AvgIpc) is 2.92. The Balaban J connectivity index is 1.76. The number of rotatable bonds is 3. The lowest BCUT2D eigenvalue weighted by Gasteiger charge is -2.30. The van der Waals surface area contributed by atoms with Crippen molar-refractivity contribution in [3.63, 3.8) is 0 Å². The number of fused-ring (bicyclic) bond motifs is 1. The molecule has 0 saturated heterocycles. The summed E-state index contributed by atoms with van der Waals surface area (Å²) in [5.74, 6) is 0.709. The van der Waals surface area contributed by atoms with Crippen LogP contribution in [-0.2, 0) is 6.54 Å². The van der Waals surface area contributed by atoms with Crippen molar-refractivity contribution in [2.45, 2.75) is 38.3 Å². The van der Waals surface area contributed by atoms with Crippen molar-refractivity contribution in [3.05, 3.63) is 57.8 Å². The molecule has 0 amide bonds. The van der Waals surface area contributed by atoms with Crippen LogP contribution in [0, 0.1) is 0 Å². The van der Waals surface area contributed by atoms with Crippen molar-refractivity contribution in [3.8, 4) is 0 Å². The van der Waals surface area contributed by atoms with Crippen LogP contribution in [0.1, 0.15) is 48.4 Å². The van der Waals surface area contributed by atoms with Gasteiger partial charge in [0.2, 0.25) is 0 Å². The van der Waals surface area contributed by atoms with Crippen molar-refractivity contribution >= 4 is 11.3 Å². The van der Waals surface area contributed by atoms with Crippen LogP contribution in [0.5, 0.6) is 0 Å². The molecule has 1 aliphatic carbocycles. The third-order valence-electron chi connectivity index (χ3n) is 3.92. The molecule has 0 saturated carbocycles. The highest BCUT2D eigenvalue weighted by Crippen LogP contribution is 2.37. The first kappa shape index (κ1) is 11.9. The van der Waals surface area contributed by atoms with Gasteiger partial charge >= 0.3 is 0 Å². The molecule has 2 aromatic rings. The van der Waals surface area contributed by atoms with Crippen LogP contribution < -0.4 is 5.32 Å². The van der Waals surface area contributed by atoms with Crippen molar-refractivity contribution in [1.29, 1.82) is 0 Å². The van der Waals surface area contributed by atoms with Crippen molar-refractivity contribution in [1.82, 2.24) is 5.32 Å². The fraction of sp³-hybridized carbons (Fsp3) is 0.375. The molecule has 0 spiro atoms. The topological polar surface area (TPSA) is 12.0 Å². The molecule has 0 bridgehead atoms. The highest BCUT2D eigenvalue weighted by Gasteiger charge is 2.23. The van der Waals surface area contributed by atoms with Crippen molar-refractivity contribution in [2.75, 3.05) is 0 Å². The molecule has 2 heteroatoms. The third-order valence-corrected chi connectivity index (χ3v) is 4.66. The van der Waals surface area contributed by atoms with E-state index in [1.165, 1.54) is 29.5 Å². The van der Waals surface area contributed by atoms with Gasteiger partial charge in [0, 0.05) is 12.6 Å². The maximum atomic E-state index is 3.71. The van der Waals surface area contributed by atoms with E-state index in [0.29, 0.717) is 12.0 Å². The quantitative estimate of drug-likeness (QED) is 0.855. The summed E-state index contributed by atoms with van der Waals surface area (Å²) in [6.07, 6.45) is 2.54. The molecule has 1 aliphatic rings. The molecule has 2 unspecified atom stereocenters. The minimum atomic E-state index is 0.525. The molecule has 0 aliphatic heterocycles. The Morgan fingerprint density at radius 2 is 2.00 bits per heavy atom. The normalized spacial score (nSPS) is 22.7. The van der Waals surface area contributed by atoms with E-state index in [-0.39, 0.29) is 0 Å². The Morgan fingerprint density at radius 1 is 1.17 bits per heavy atom. The Bertz CT molecular complexity index is 504. The van der Waals surface area contributed by atoms with Gasteiger partial charge in [0.1, 0.15) is 0 Å². The van der Waals surface area contributed by atoms with Gasteiger partial charge in [-0.05, 0) is 52.3 Å². The second-order valence-electron chi connectivity index (χ2n) is 5.17. The van der Waals surface area contributed by atoms with E-state index in [4.69, 9.17) is 0 Å².